The number of rotatable bonds is 1. The number of fused-ring (bicyclic) bond motifs is 1. The Morgan fingerprint density at radius 3 is 2.65 bits per heavy atom. The van der Waals surface area contributed by atoms with Crippen LogP contribution in [0, 0.1) is 16.7 Å². The third kappa shape index (κ3) is 2.40. The van der Waals surface area contributed by atoms with Crippen LogP contribution in [0.4, 0.5) is 0 Å². The summed E-state index contributed by atoms with van der Waals surface area (Å²) in [6, 6.07) is 11.8. The highest BCUT2D eigenvalue weighted by Gasteiger charge is 2.35. The molecule has 1 aliphatic rings. The third-order valence-corrected chi connectivity index (χ3v) is 3.36. The van der Waals surface area contributed by atoms with Gasteiger partial charge >= 0.3 is 7.12 Å². The Bertz CT molecular complexity index is 684. The molecule has 2 heterocycles. The normalized spacial score (nSPS) is 17.9. The van der Waals surface area contributed by atoms with E-state index in [0.717, 1.165) is 10.9 Å². The molecule has 0 unspecified atom stereocenters. The highest BCUT2D eigenvalue weighted by molar-refractivity contribution is 6.62. The first-order valence-electron chi connectivity index (χ1n) is 6.62. The maximum Gasteiger partial charge on any atom is 0.496 e. The van der Waals surface area contributed by atoms with Gasteiger partial charge in [-0.05, 0) is 11.5 Å². The second kappa shape index (κ2) is 4.90. The highest BCUT2D eigenvalue weighted by Crippen LogP contribution is 2.22. The molecule has 0 atom stereocenters. The molecule has 0 aliphatic carbocycles. The van der Waals surface area contributed by atoms with Crippen molar-refractivity contribution in [2.75, 3.05) is 13.2 Å². The molecule has 100 valence electrons. The van der Waals surface area contributed by atoms with Crippen molar-refractivity contribution in [2.45, 2.75) is 13.8 Å². The fourth-order valence-electron chi connectivity index (χ4n) is 2.27. The Morgan fingerprint density at radius 2 is 1.95 bits per heavy atom. The number of pyridine rings is 1. The van der Waals surface area contributed by atoms with Gasteiger partial charge in [-0.2, -0.15) is 5.26 Å². The van der Waals surface area contributed by atoms with Gasteiger partial charge in [0.05, 0.1) is 5.52 Å². The van der Waals surface area contributed by atoms with Crippen molar-refractivity contribution in [3.05, 3.63) is 36.0 Å². The molecule has 1 fully saturated rings. The Kier molecular flexibility index (Phi) is 3.21. The Hall–Kier alpha value is -1.90. The smallest absolute Gasteiger partial charge is 0.407 e. The molecule has 20 heavy (non-hydrogen) atoms. The minimum Gasteiger partial charge on any atom is -0.407 e. The Balaban J connectivity index is 2.01. The summed E-state index contributed by atoms with van der Waals surface area (Å²) in [6.45, 7) is 5.39. The van der Waals surface area contributed by atoms with Gasteiger partial charge in [-0.15, -0.1) is 0 Å². The lowest BCUT2D eigenvalue weighted by atomic mass is 9.74. The van der Waals surface area contributed by atoms with Crippen molar-refractivity contribution in [1.29, 1.82) is 5.26 Å². The van der Waals surface area contributed by atoms with E-state index in [9.17, 15) is 5.26 Å². The van der Waals surface area contributed by atoms with E-state index in [2.05, 4.69) is 24.9 Å². The Labute approximate surface area is 118 Å². The summed E-state index contributed by atoms with van der Waals surface area (Å²) in [6.07, 6.45) is 0. The molecular weight excluding hydrogens is 251 g/mol. The van der Waals surface area contributed by atoms with Crippen LogP contribution in [-0.2, 0) is 9.31 Å². The molecule has 0 spiro atoms. The van der Waals surface area contributed by atoms with E-state index >= 15 is 0 Å². The number of hydrogen-bond acceptors (Lipinski definition) is 4. The molecule has 1 aromatic heterocycles. The molecule has 1 saturated heterocycles. The van der Waals surface area contributed by atoms with Crippen LogP contribution in [-0.4, -0.2) is 25.3 Å². The molecule has 1 aromatic carbocycles. The van der Waals surface area contributed by atoms with Crippen molar-refractivity contribution < 1.29 is 9.31 Å². The van der Waals surface area contributed by atoms with E-state index in [-0.39, 0.29) is 5.41 Å². The van der Waals surface area contributed by atoms with Crippen LogP contribution in [0.25, 0.3) is 10.9 Å². The van der Waals surface area contributed by atoms with Gasteiger partial charge in [0, 0.05) is 24.1 Å². The summed E-state index contributed by atoms with van der Waals surface area (Å²) >= 11 is 0. The first-order valence-corrected chi connectivity index (χ1v) is 6.62. The van der Waals surface area contributed by atoms with Crippen molar-refractivity contribution in [3.8, 4) is 6.07 Å². The number of nitriles is 1. The largest absolute Gasteiger partial charge is 0.496 e. The summed E-state index contributed by atoms with van der Waals surface area (Å²) in [5, 5.41) is 10.3. The van der Waals surface area contributed by atoms with Crippen molar-refractivity contribution in [3.63, 3.8) is 0 Å². The molecule has 5 heteroatoms. The lowest BCUT2D eigenvalue weighted by Crippen LogP contribution is -2.48. The number of hydrogen-bond donors (Lipinski definition) is 0. The Morgan fingerprint density at radius 1 is 1.25 bits per heavy atom. The van der Waals surface area contributed by atoms with Crippen LogP contribution < -0.4 is 5.46 Å². The number of para-hydroxylation sites is 1. The maximum absolute atomic E-state index is 9.29. The molecule has 0 N–H and O–H groups in total. The maximum atomic E-state index is 9.29. The molecule has 3 rings (SSSR count). The minimum atomic E-state index is -0.505. The van der Waals surface area contributed by atoms with Crippen LogP contribution in [0.5, 0.6) is 0 Å². The zero-order valence-corrected chi connectivity index (χ0v) is 11.6. The van der Waals surface area contributed by atoms with Crippen LogP contribution in [0.3, 0.4) is 0 Å². The van der Waals surface area contributed by atoms with E-state index < -0.39 is 7.12 Å². The van der Waals surface area contributed by atoms with Gasteiger partial charge in [0.1, 0.15) is 11.8 Å². The van der Waals surface area contributed by atoms with E-state index in [1.807, 2.05) is 30.3 Å². The fraction of sp³-hybridized carbons (Fsp3) is 0.333. The lowest BCUT2D eigenvalue weighted by Gasteiger charge is -2.33. The van der Waals surface area contributed by atoms with Crippen LogP contribution >= 0.6 is 0 Å². The lowest BCUT2D eigenvalue weighted by molar-refractivity contribution is 0.0343. The zero-order chi connectivity index (χ0) is 14.2. The van der Waals surface area contributed by atoms with Crippen molar-refractivity contribution in [1.82, 2.24) is 4.98 Å². The molecular formula is C15H15BN2O2. The average molecular weight is 266 g/mol. The zero-order valence-electron chi connectivity index (χ0n) is 11.6. The first-order chi connectivity index (χ1) is 9.59. The van der Waals surface area contributed by atoms with E-state index in [0.29, 0.717) is 24.4 Å². The SMILES string of the molecule is CC1(C)COB(c2cc3ccccc3nc2C#N)OC1. The topological polar surface area (TPSA) is 55.1 Å². The van der Waals surface area contributed by atoms with Gasteiger partial charge in [0.25, 0.3) is 0 Å². The fourth-order valence-corrected chi connectivity index (χ4v) is 2.27. The number of benzene rings is 1. The minimum absolute atomic E-state index is 0.00752. The van der Waals surface area contributed by atoms with Gasteiger partial charge in [-0.3, -0.25) is 0 Å². The first kappa shape index (κ1) is 13.1. The van der Waals surface area contributed by atoms with Gasteiger partial charge in [0.15, 0.2) is 0 Å². The molecule has 1 aliphatic heterocycles. The summed E-state index contributed by atoms with van der Waals surface area (Å²) < 4.78 is 11.5. The summed E-state index contributed by atoms with van der Waals surface area (Å²) in [4.78, 5) is 4.38. The van der Waals surface area contributed by atoms with Gasteiger partial charge < -0.3 is 9.31 Å². The van der Waals surface area contributed by atoms with E-state index in [1.54, 1.807) is 0 Å². The monoisotopic (exact) mass is 266 g/mol. The molecule has 0 bridgehead atoms. The van der Waals surface area contributed by atoms with Crippen LogP contribution in [0.2, 0.25) is 0 Å². The second-order valence-corrected chi connectivity index (χ2v) is 5.85. The second-order valence-electron chi connectivity index (χ2n) is 5.85. The number of nitrogens with zero attached hydrogens (tertiary/aromatic N) is 2. The molecule has 0 saturated carbocycles. The predicted octanol–water partition coefficient (Wildman–Crippen LogP) is 1.87. The van der Waals surface area contributed by atoms with Gasteiger partial charge in [-0.25, -0.2) is 4.98 Å². The summed E-state index contributed by atoms with van der Waals surface area (Å²) in [7, 11) is -0.505. The van der Waals surface area contributed by atoms with Crippen LogP contribution in [0.1, 0.15) is 19.5 Å². The highest BCUT2D eigenvalue weighted by atomic mass is 16.6. The van der Waals surface area contributed by atoms with E-state index in [4.69, 9.17) is 9.31 Å². The number of aromatic nitrogens is 1. The molecule has 0 amide bonds. The quantitative estimate of drug-likeness (QED) is 0.739. The predicted molar refractivity (Wildman–Crippen MR) is 77.5 cm³/mol. The molecule has 0 radical (unpaired) electrons. The molecule has 4 nitrogen and oxygen atoms in total. The van der Waals surface area contributed by atoms with Gasteiger partial charge in [0.2, 0.25) is 0 Å². The third-order valence-electron chi connectivity index (χ3n) is 3.36. The standard InChI is InChI=1S/C15H15BN2O2/c1-15(2)9-19-16(20-10-15)12-7-11-5-3-4-6-13(11)18-14(12)8-17/h3-7H,9-10H2,1-2H3. The summed E-state index contributed by atoms with van der Waals surface area (Å²) in [5.41, 5.74) is 1.90. The van der Waals surface area contributed by atoms with Crippen molar-refractivity contribution >= 4 is 23.5 Å². The molecule has 2 aromatic rings. The van der Waals surface area contributed by atoms with Crippen LogP contribution in [0.15, 0.2) is 30.3 Å². The van der Waals surface area contributed by atoms with Gasteiger partial charge in [-0.1, -0.05) is 38.1 Å². The average Bonchev–Trinajstić information content (AvgIpc) is 2.46. The van der Waals surface area contributed by atoms with Crippen molar-refractivity contribution in [2.24, 2.45) is 5.41 Å². The van der Waals surface area contributed by atoms with E-state index in [1.165, 1.54) is 0 Å². The summed E-state index contributed by atoms with van der Waals surface area (Å²) in [5.74, 6) is 0.